The molecule has 0 bridgehead atoms. The molecule has 0 aromatic rings. The van der Waals surface area contributed by atoms with Crippen LogP contribution in [0.15, 0.2) is 12.2 Å². The second-order valence-electron chi connectivity index (χ2n) is 9.83. The van der Waals surface area contributed by atoms with Crippen LogP contribution in [0.2, 0.25) is 0 Å². The van der Waals surface area contributed by atoms with Crippen molar-refractivity contribution in [1.82, 2.24) is 0 Å². The van der Waals surface area contributed by atoms with Crippen molar-refractivity contribution >= 4 is 17.7 Å². The van der Waals surface area contributed by atoms with E-state index in [1.54, 1.807) is 0 Å². The first-order valence-electron chi connectivity index (χ1n) is 10.9. The summed E-state index contributed by atoms with van der Waals surface area (Å²) in [7, 11) is 0. The number of carboxylic acid groups (broad SMARTS) is 2. The van der Waals surface area contributed by atoms with Crippen LogP contribution < -0.4 is 0 Å². The zero-order chi connectivity index (χ0) is 20.5. The molecule has 0 aromatic heterocycles. The third kappa shape index (κ3) is 3.77. The van der Waals surface area contributed by atoms with Gasteiger partial charge in [-0.15, -0.1) is 0 Å². The minimum Gasteiger partial charge on any atom is -0.478 e. The van der Waals surface area contributed by atoms with Crippen LogP contribution >= 0.6 is 0 Å². The zero-order valence-corrected chi connectivity index (χ0v) is 17.2. The van der Waals surface area contributed by atoms with Crippen LogP contribution in [0.4, 0.5) is 0 Å². The Labute approximate surface area is 167 Å². The number of hydrogen-bond donors (Lipinski definition) is 2. The van der Waals surface area contributed by atoms with Gasteiger partial charge in [0.1, 0.15) is 5.78 Å². The van der Waals surface area contributed by atoms with E-state index in [-0.39, 0.29) is 5.41 Å². The number of hydrogen-bond acceptors (Lipinski definition) is 3. The number of rotatable bonds is 2. The molecule has 0 aliphatic heterocycles. The van der Waals surface area contributed by atoms with Crippen molar-refractivity contribution in [3.05, 3.63) is 12.2 Å². The largest absolute Gasteiger partial charge is 0.478 e. The number of fused-ring (bicyclic) bond motifs is 5. The summed E-state index contributed by atoms with van der Waals surface area (Å²) in [5, 5.41) is 15.6. The summed E-state index contributed by atoms with van der Waals surface area (Å²) in [5.74, 6) is 1.62. The average molecular weight is 391 g/mol. The van der Waals surface area contributed by atoms with Crippen molar-refractivity contribution in [1.29, 1.82) is 0 Å². The highest BCUT2D eigenvalue weighted by atomic mass is 16.4. The van der Waals surface area contributed by atoms with E-state index in [2.05, 4.69) is 13.8 Å². The van der Waals surface area contributed by atoms with Gasteiger partial charge in [-0.2, -0.15) is 0 Å². The van der Waals surface area contributed by atoms with Crippen LogP contribution in [0.3, 0.4) is 0 Å². The summed E-state index contributed by atoms with van der Waals surface area (Å²) in [4.78, 5) is 31.5. The summed E-state index contributed by atoms with van der Waals surface area (Å²) in [5.41, 5.74) is 0.688. The summed E-state index contributed by atoms with van der Waals surface area (Å²) in [6, 6.07) is 0. The van der Waals surface area contributed by atoms with Crippen molar-refractivity contribution < 1.29 is 24.6 Å². The van der Waals surface area contributed by atoms with Gasteiger partial charge in [-0.3, -0.25) is 4.79 Å². The van der Waals surface area contributed by atoms with Crippen molar-refractivity contribution in [2.45, 2.75) is 78.1 Å². The maximum Gasteiger partial charge on any atom is 0.328 e. The molecule has 6 atom stereocenters. The van der Waals surface area contributed by atoms with Crippen molar-refractivity contribution in [3.8, 4) is 0 Å². The highest BCUT2D eigenvalue weighted by molar-refractivity contribution is 5.89. The molecule has 0 heterocycles. The maximum absolute atomic E-state index is 12.4. The van der Waals surface area contributed by atoms with Gasteiger partial charge in [0.15, 0.2) is 0 Å². The number of carbonyl (C=O) groups excluding carboxylic acids is 1. The first-order valence-corrected chi connectivity index (χ1v) is 10.9. The van der Waals surface area contributed by atoms with Gasteiger partial charge in [0, 0.05) is 24.0 Å². The molecule has 2 N–H and O–H groups in total. The first-order chi connectivity index (χ1) is 13.2. The summed E-state index contributed by atoms with van der Waals surface area (Å²) in [6.07, 6.45) is 14.5. The molecule has 0 saturated heterocycles. The van der Waals surface area contributed by atoms with Crippen LogP contribution in [0, 0.1) is 34.5 Å². The van der Waals surface area contributed by atoms with Gasteiger partial charge in [-0.25, -0.2) is 9.59 Å². The Morgan fingerprint density at radius 2 is 1.57 bits per heavy atom. The molecule has 156 valence electrons. The lowest BCUT2D eigenvalue weighted by Gasteiger charge is -2.59. The van der Waals surface area contributed by atoms with E-state index in [0.29, 0.717) is 23.4 Å². The fourth-order valence-electron chi connectivity index (χ4n) is 7.21. The first kappa shape index (κ1) is 21.1. The molecule has 5 nitrogen and oxygen atoms in total. The van der Waals surface area contributed by atoms with Gasteiger partial charge in [-0.1, -0.05) is 26.7 Å². The molecule has 0 unspecified atom stereocenters. The Kier molecular flexibility index (Phi) is 6.02. The normalized spacial score (nSPS) is 42.0. The second-order valence-corrected chi connectivity index (χ2v) is 9.83. The van der Waals surface area contributed by atoms with Gasteiger partial charge in [0.25, 0.3) is 0 Å². The fourth-order valence-corrected chi connectivity index (χ4v) is 7.21. The molecule has 0 aromatic carbocycles. The monoisotopic (exact) mass is 390 g/mol. The predicted molar refractivity (Wildman–Crippen MR) is 106 cm³/mol. The Morgan fingerprint density at radius 3 is 2.21 bits per heavy atom. The molecule has 4 saturated carbocycles. The molecular formula is C23H34O5. The maximum atomic E-state index is 12.4. The van der Waals surface area contributed by atoms with E-state index in [9.17, 15) is 14.4 Å². The fraction of sp³-hybridized carbons (Fsp3) is 0.783. The SMILES string of the molecule is C[C@]12CCCC[C@@H]1CC[C@@H]1[C@@H]2CC[C@]2(C)C(=O)CC[C@@H]12.O=C(O)C=CC(=O)O. The van der Waals surface area contributed by atoms with E-state index < -0.39 is 11.9 Å². The minimum atomic E-state index is -1.26. The minimum absolute atomic E-state index is 0.0685. The van der Waals surface area contributed by atoms with E-state index in [4.69, 9.17) is 10.2 Å². The molecule has 0 spiro atoms. The summed E-state index contributed by atoms with van der Waals surface area (Å²) in [6.45, 7) is 4.92. The highest BCUT2D eigenvalue weighted by Gasteiger charge is 2.59. The predicted octanol–water partition coefficient (Wildman–Crippen LogP) is 4.70. The van der Waals surface area contributed by atoms with E-state index in [0.717, 1.165) is 30.1 Å². The second kappa shape index (κ2) is 8.00. The standard InChI is InChI=1S/C19H30O.C4H4O4/c1-18-11-4-3-5-13(18)6-7-14-15-8-9-17(20)19(15,2)12-10-16(14)18;5-3(6)1-2-4(7)8/h13-16H,3-12H2,1-2H3;1-2H,(H,5,6)(H,7,8)/t13-,14+,15+,16+,18+,19+;/m1./s1. The quantitative estimate of drug-likeness (QED) is 0.667. The third-order valence-corrected chi connectivity index (χ3v) is 8.66. The van der Waals surface area contributed by atoms with Gasteiger partial charge >= 0.3 is 11.9 Å². The number of aliphatic carboxylic acids is 2. The lowest BCUT2D eigenvalue weighted by molar-refractivity contribution is -0.138. The molecule has 5 heteroatoms. The number of Topliss-reactive ketones (excluding diaryl/α,β-unsaturated/α-hetero) is 1. The number of ketones is 1. The van der Waals surface area contributed by atoms with Crippen LogP contribution in [-0.2, 0) is 14.4 Å². The highest BCUT2D eigenvalue weighted by Crippen LogP contribution is 2.65. The van der Waals surface area contributed by atoms with Crippen LogP contribution in [0.5, 0.6) is 0 Å². The Balaban J connectivity index is 0.000000242. The molecular weight excluding hydrogens is 356 g/mol. The van der Waals surface area contributed by atoms with Gasteiger partial charge < -0.3 is 10.2 Å². The molecule has 4 aliphatic carbocycles. The number of carbonyl (C=O) groups is 3. The lowest BCUT2D eigenvalue weighted by Crippen LogP contribution is -2.52. The molecule has 4 rings (SSSR count). The lowest BCUT2D eigenvalue weighted by atomic mass is 9.45. The molecule has 28 heavy (non-hydrogen) atoms. The van der Waals surface area contributed by atoms with E-state index in [1.165, 1.54) is 57.8 Å². The van der Waals surface area contributed by atoms with Crippen LogP contribution in [0.1, 0.15) is 78.1 Å². The Morgan fingerprint density at radius 1 is 0.893 bits per heavy atom. The van der Waals surface area contributed by atoms with E-state index in [1.807, 2.05) is 0 Å². The Bertz CT molecular complexity index is 652. The van der Waals surface area contributed by atoms with E-state index >= 15 is 0 Å². The van der Waals surface area contributed by atoms with Gasteiger partial charge in [0.05, 0.1) is 0 Å². The summed E-state index contributed by atoms with van der Waals surface area (Å²) < 4.78 is 0. The molecule has 0 radical (unpaired) electrons. The van der Waals surface area contributed by atoms with Crippen LogP contribution in [-0.4, -0.2) is 27.9 Å². The zero-order valence-electron chi connectivity index (χ0n) is 17.2. The summed E-state index contributed by atoms with van der Waals surface area (Å²) >= 11 is 0. The Hall–Kier alpha value is -1.65. The smallest absolute Gasteiger partial charge is 0.328 e. The molecule has 0 amide bonds. The van der Waals surface area contributed by atoms with Crippen molar-refractivity contribution in [3.63, 3.8) is 0 Å². The molecule has 4 aliphatic rings. The third-order valence-electron chi connectivity index (χ3n) is 8.66. The van der Waals surface area contributed by atoms with Crippen molar-refractivity contribution in [2.75, 3.05) is 0 Å². The van der Waals surface area contributed by atoms with Crippen LogP contribution in [0.25, 0.3) is 0 Å². The average Bonchev–Trinajstić information content (AvgIpc) is 2.95. The van der Waals surface area contributed by atoms with Crippen molar-refractivity contribution in [2.24, 2.45) is 34.5 Å². The topological polar surface area (TPSA) is 91.7 Å². The molecule has 4 fully saturated rings. The van der Waals surface area contributed by atoms with Gasteiger partial charge in [-0.05, 0) is 74.0 Å². The van der Waals surface area contributed by atoms with Gasteiger partial charge in [0.2, 0.25) is 0 Å². The number of carboxylic acids is 2.